The van der Waals surface area contributed by atoms with Crippen LogP contribution in [-0.2, 0) is 4.79 Å². The van der Waals surface area contributed by atoms with Gasteiger partial charge in [-0.25, -0.2) is 4.39 Å². The van der Waals surface area contributed by atoms with Gasteiger partial charge in [0.25, 0.3) is 5.91 Å². The third-order valence-corrected chi connectivity index (χ3v) is 3.48. The van der Waals surface area contributed by atoms with Crippen LogP contribution in [0.5, 0.6) is 0 Å². The van der Waals surface area contributed by atoms with Gasteiger partial charge in [0.05, 0.1) is 12.1 Å². The Morgan fingerprint density at radius 2 is 1.75 bits per heavy atom. The van der Waals surface area contributed by atoms with Gasteiger partial charge in [-0.05, 0) is 25.0 Å². The Balaban J connectivity index is 1.86. The van der Waals surface area contributed by atoms with Gasteiger partial charge < -0.3 is 10.2 Å². The molecule has 0 bridgehead atoms. The van der Waals surface area contributed by atoms with Gasteiger partial charge in [-0.3, -0.25) is 9.59 Å². The van der Waals surface area contributed by atoms with Crippen LogP contribution in [0.3, 0.4) is 0 Å². The van der Waals surface area contributed by atoms with Crippen LogP contribution in [0.15, 0.2) is 24.3 Å². The summed E-state index contributed by atoms with van der Waals surface area (Å²) in [6.45, 7) is 1.41. The van der Waals surface area contributed by atoms with Crippen molar-refractivity contribution in [3.8, 4) is 0 Å². The second-order valence-corrected chi connectivity index (χ2v) is 4.96. The molecule has 20 heavy (non-hydrogen) atoms. The van der Waals surface area contributed by atoms with Gasteiger partial charge in [0.15, 0.2) is 0 Å². The Morgan fingerprint density at radius 1 is 1.10 bits per heavy atom. The zero-order valence-corrected chi connectivity index (χ0v) is 11.4. The smallest absolute Gasteiger partial charge is 0.254 e. The summed E-state index contributed by atoms with van der Waals surface area (Å²) in [6, 6.07) is 5.75. The number of hydrogen-bond acceptors (Lipinski definition) is 2. The second kappa shape index (κ2) is 7.03. The van der Waals surface area contributed by atoms with Crippen molar-refractivity contribution in [2.75, 3.05) is 19.6 Å². The lowest BCUT2D eigenvalue weighted by atomic mass is 10.2. The fourth-order valence-electron chi connectivity index (χ4n) is 2.33. The van der Waals surface area contributed by atoms with E-state index < -0.39 is 11.7 Å². The molecule has 1 aromatic rings. The fraction of sp³-hybridized carbons (Fsp3) is 0.467. The zero-order chi connectivity index (χ0) is 14.4. The van der Waals surface area contributed by atoms with Gasteiger partial charge in [0.1, 0.15) is 5.82 Å². The summed E-state index contributed by atoms with van der Waals surface area (Å²) in [5.74, 6) is -1.23. The van der Waals surface area contributed by atoms with Crippen molar-refractivity contribution in [1.82, 2.24) is 10.2 Å². The van der Waals surface area contributed by atoms with Gasteiger partial charge in [-0.15, -0.1) is 0 Å². The largest absolute Gasteiger partial charge is 0.343 e. The van der Waals surface area contributed by atoms with E-state index in [0.717, 1.165) is 38.8 Å². The maximum atomic E-state index is 13.4. The molecule has 1 aromatic carbocycles. The van der Waals surface area contributed by atoms with Crippen molar-refractivity contribution in [2.45, 2.75) is 25.7 Å². The fourth-order valence-corrected chi connectivity index (χ4v) is 2.33. The van der Waals surface area contributed by atoms with E-state index in [1.807, 2.05) is 0 Å². The Bertz CT molecular complexity index is 483. The van der Waals surface area contributed by atoms with E-state index in [4.69, 9.17) is 0 Å². The second-order valence-electron chi connectivity index (χ2n) is 4.96. The molecule has 5 heteroatoms. The molecule has 2 rings (SSSR count). The normalized spacial score (nSPS) is 15.6. The van der Waals surface area contributed by atoms with E-state index in [9.17, 15) is 14.0 Å². The highest BCUT2D eigenvalue weighted by atomic mass is 19.1. The van der Waals surface area contributed by atoms with Crippen LogP contribution >= 0.6 is 0 Å². The number of hydrogen-bond donors (Lipinski definition) is 1. The quantitative estimate of drug-likeness (QED) is 0.919. The topological polar surface area (TPSA) is 49.4 Å². The first-order valence-electron chi connectivity index (χ1n) is 6.99. The first-order valence-corrected chi connectivity index (χ1v) is 6.99. The van der Waals surface area contributed by atoms with E-state index in [-0.39, 0.29) is 18.0 Å². The zero-order valence-electron chi connectivity index (χ0n) is 11.4. The average molecular weight is 278 g/mol. The van der Waals surface area contributed by atoms with Crippen LogP contribution in [0.2, 0.25) is 0 Å². The van der Waals surface area contributed by atoms with Crippen LogP contribution < -0.4 is 5.32 Å². The number of benzene rings is 1. The van der Waals surface area contributed by atoms with Crippen molar-refractivity contribution in [3.05, 3.63) is 35.6 Å². The number of amides is 2. The first-order chi connectivity index (χ1) is 9.68. The molecule has 1 heterocycles. The number of nitrogens with one attached hydrogen (secondary N) is 1. The van der Waals surface area contributed by atoms with E-state index in [1.165, 1.54) is 18.2 Å². The lowest BCUT2D eigenvalue weighted by molar-refractivity contribution is -0.130. The Kier molecular flexibility index (Phi) is 5.09. The predicted molar refractivity (Wildman–Crippen MR) is 73.8 cm³/mol. The Morgan fingerprint density at radius 3 is 2.40 bits per heavy atom. The van der Waals surface area contributed by atoms with E-state index in [0.29, 0.717) is 0 Å². The maximum absolute atomic E-state index is 13.4. The molecule has 1 fully saturated rings. The molecule has 4 nitrogen and oxygen atoms in total. The van der Waals surface area contributed by atoms with Crippen LogP contribution in [0, 0.1) is 5.82 Å². The van der Waals surface area contributed by atoms with Gasteiger partial charge in [-0.2, -0.15) is 0 Å². The molecule has 0 radical (unpaired) electrons. The molecule has 1 saturated heterocycles. The minimum absolute atomic E-state index is 0.0313. The minimum atomic E-state index is -0.577. The van der Waals surface area contributed by atoms with Gasteiger partial charge in [0.2, 0.25) is 5.91 Å². The first kappa shape index (κ1) is 14.5. The highest BCUT2D eigenvalue weighted by Crippen LogP contribution is 2.10. The van der Waals surface area contributed by atoms with Gasteiger partial charge >= 0.3 is 0 Å². The summed E-state index contributed by atoms with van der Waals surface area (Å²) in [4.78, 5) is 25.6. The molecular weight excluding hydrogens is 259 g/mol. The summed E-state index contributed by atoms with van der Waals surface area (Å²) in [7, 11) is 0. The number of likely N-dealkylation sites (tertiary alicyclic amines) is 1. The van der Waals surface area contributed by atoms with Crippen molar-refractivity contribution in [3.63, 3.8) is 0 Å². The third kappa shape index (κ3) is 3.79. The minimum Gasteiger partial charge on any atom is -0.343 e. The summed E-state index contributed by atoms with van der Waals surface area (Å²) >= 11 is 0. The number of carbonyl (C=O) groups excluding carboxylic acids is 2. The van der Waals surface area contributed by atoms with Crippen LogP contribution in [0.4, 0.5) is 4.39 Å². The van der Waals surface area contributed by atoms with E-state index in [2.05, 4.69) is 5.32 Å². The highest BCUT2D eigenvalue weighted by Gasteiger charge is 2.17. The van der Waals surface area contributed by atoms with Crippen molar-refractivity contribution < 1.29 is 14.0 Å². The van der Waals surface area contributed by atoms with E-state index >= 15 is 0 Å². The molecule has 1 N–H and O–H groups in total. The monoisotopic (exact) mass is 278 g/mol. The molecular formula is C15H19FN2O2. The molecule has 0 atom stereocenters. The maximum Gasteiger partial charge on any atom is 0.254 e. The van der Waals surface area contributed by atoms with Gasteiger partial charge in [-0.1, -0.05) is 25.0 Å². The lowest BCUT2D eigenvalue weighted by Crippen LogP contribution is -2.40. The third-order valence-electron chi connectivity index (χ3n) is 3.48. The molecule has 0 saturated carbocycles. The molecule has 0 spiro atoms. The van der Waals surface area contributed by atoms with Crippen LogP contribution in [0.1, 0.15) is 36.0 Å². The molecule has 108 valence electrons. The molecule has 2 amide bonds. The molecule has 0 aromatic heterocycles. The molecule has 1 aliphatic heterocycles. The lowest BCUT2D eigenvalue weighted by Gasteiger charge is -2.20. The molecule has 0 unspecified atom stereocenters. The summed E-state index contributed by atoms with van der Waals surface area (Å²) in [6.07, 6.45) is 4.30. The standard InChI is InChI=1S/C15H19FN2O2/c16-13-8-4-3-7-12(13)15(20)17-11-14(19)18-9-5-1-2-6-10-18/h3-4,7-8H,1-2,5-6,9-11H2,(H,17,20). The number of nitrogens with zero attached hydrogens (tertiary/aromatic N) is 1. The Hall–Kier alpha value is -1.91. The number of carbonyl (C=O) groups is 2. The summed E-state index contributed by atoms with van der Waals surface area (Å²) in [5.41, 5.74) is -0.0313. The average Bonchev–Trinajstić information content (AvgIpc) is 2.74. The molecule has 1 aliphatic rings. The van der Waals surface area contributed by atoms with Crippen molar-refractivity contribution in [1.29, 1.82) is 0 Å². The van der Waals surface area contributed by atoms with Crippen LogP contribution in [0.25, 0.3) is 0 Å². The molecule has 0 aliphatic carbocycles. The van der Waals surface area contributed by atoms with Crippen molar-refractivity contribution >= 4 is 11.8 Å². The summed E-state index contributed by atoms with van der Waals surface area (Å²) < 4.78 is 13.4. The van der Waals surface area contributed by atoms with Gasteiger partial charge in [0, 0.05) is 13.1 Å². The van der Waals surface area contributed by atoms with Crippen LogP contribution in [-0.4, -0.2) is 36.3 Å². The number of halogens is 1. The SMILES string of the molecule is O=C(NCC(=O)N1CCCCCC1)c1ccccc1F. The van der Waals surface area contributed by atoms with E-state index in [1.54, 1.807) is 11.0 Å². The summed E-state index contributed by atoms with van der Waals surface area (Å²) in [5, 5.41) is 2.49. The van der Waals surface area contributed by atoms with Crippen molar-refractivity contribution in [2.24, 2.45) is 0 Å². The number of rotatable bonds is 3. The predicted octanol–water partition coefficient (Wildman–Crippen LogP) is 1.96. The highest BCUT2D eigenvalue weighted by molar-refractivity contribution is 5.96. The Labute approximate surface area is 118 Å².